The summed E-state index contributed by atoms with van der Waals surface area (Å²) in [7, 11) is -2.10. The summed E-state index contributed by atoms with van der Waals surface area (Å²) in [5.41, 5.74) is 9.91. The number of hydrogen-bond donors (Lipinski definition) is 0. The average Bonchev–Trinajstić information content (AvgIpc) is 3.65. The number of aromatic nitrogens is 2. The molecule has 0 amide bonds. The van der Waals surface area contributed by atoms with Crippen LogP contribution in [0.5, 0.6) is 0 Å². The molecule has 0 atom stereocenters. The topological polar surface area (TPSA) is 24.3 Å². The summed E-state index contributed by atoms with van der Waals surface area (Å²) in [5, 5.41) is 5.35. The Hall–Kier alpha value is -5.13. The second-order valence-corrected chi connectivity index (χ2v) is 18.0. The maximum Gasteiger partial charge on any atom is 0.138 e. The van der Waals surface area contributed by atoms with E-state index in [0.717, 1.165) is 12.5 Å². The molecular formula is C42H40N4Si. The third-order valence-corrected chi connectivity index (χ3v) is 13.6. The van der Waals surface area contributed by atoms with E-state index in [2.05, 4.69) is 176 Å². The first-order valence-corrected chi connectivity index (χ1v) is 19.6. The molecule has 1 aliphatic rings. The fourth-order valence-corrected chi connectivity index (χ4v) is 9.70. The van der Waals surface area contributed by atoms with E-state index in [1.807, 2.05) is 6.20 Å². The molecule has 0 saturated carbocycles. The highest BCUT2D eigenvalue weighted by molar-refractivity contribution is 7.00. The number of pyridine rings is 1. The summed E-state index contributed by atoms with van der Waals surface area (Å²) >= 11 is 0. The van der Waals surface area contributed by atoms with Gasteiger partial charge in [0, 0.05) is 28.7 Å². The minimum absolute atomic E-state index is 0.431. The number of hydrogen-bond acceptors (Lipinski definition) is 3. The summed E-state index contributed by atoms with van der Waals surface area (Å²) in [5.74, 6) is 0.943. The van der Waals surface area contributed by atoms with E-state index in [0.29, 0.717) is 6.04 Å². The molecule has 0 bridgehead atoms. The van der Waals surface area contributed by atoms with Crippen LogP contribution in [-0.4, -0.2) is 30.3 Å². The Bertz CT molecular complexity index is 2280. The van der Waals surface area contributed by atoms with Crippen molar-refractivity contribution in [3.8, 4) is 16.9 Å². The highest BCUT2D eigenvalue weighted by Gasteiger charge is 2.31. The molecule has 4 nitrogen and oxygen atoms in total. The first kappa shape index (κ1) is 29.3. The molecule has 47 heavy (non-hydrogen) atoms. The third kappa shape index (κ3) is 4.85. The molecule has 8 rings (SSSR count). The molecule has 0 unspecified atom stereocenters. The van der Waals surface area contributed by atoms with Crippen LogP contribution in [0.3, 0.4) is 0 Å². The molecular weight excluding hydrogens is 589 g/mol. The maximum absolute atomic E-state index is 4.94. The third-order valence-electron chi connectivity index (χ3n) is 10.1. The lowest BCUT2D eigenvalue weighted by Crippen LogP contribution is -2.53. The lowest BCUT2D eigenvalue weighted by atomic mass is 10.0. The molecule has 0 radical (unpaired) electrons. The fraction of sp³-hybridized carbons (Fsp3) is 0.167. The molecule has 0 spiro atoms. The number of para-hydroxylation sites is 3. The van der Waals surface area contributed by atoms with Gasteiger partial charge in [0.15, 0.2) is 0 Å². The minimum atomic E-state index is -2.10. The Labute approximate surface area is 278 Å². The van der Waals surface area contributed by atoms with Gasteiger partial charge in [0.25, 0.3) is 0 Å². The van der Waals surface area contributed by atoms with Gasteiger partial charge in [-0.1, -0.05) is 102 Å². The molecule has 0 N–H and O–H groups in total. The van der Waals surface area contributed by atoms with Crippen LogP contribution < -0.4 is 20.2 Å². The zero-order valence-corrected chi connectivity index (χ0v) is 28.8. The summed E-state index contributed by atoms with van der Waals surface area (Å²) in [4.78, 5) is 9.90. The molecule has 7 aromatic rings. The van der Waals surface area contributed by atoms with E-state index < -0.39 is 8.07 Å². The van der Waals surface area contributed by atoms with Gasteiger partial charge in [0.1, 0.15) is 13.9 Å². The number of anilines is 3. The Morgan fingerprint density at radius 2 is 1.38 bits per heavy atom. The number of nitrogens with zero attached hydrogens (tertiary/aromatic N) is 4. The molecule has 232 valence electrons. The van der Waals surface area contributed by atoms with Crippen LogP contribution in [0, 0.1) is 6.92 Å². The maximum atomic E-state index is 4.94. The van der Waals surface area contributed by atoms with Crippen LogP contribution in [0.1, 0.15) is 19.4 Å². The lowest BCUT2D eigenvalue weighted by molar-refractivity contribution is 0.709. The minimum Gasteiger partial charge on any atom is -0.349 e. The van der Waals surface area contributed by atoms with Gasteiger partial charge < -0.3 is 9.80 Å². The van der Waals surface area contributed by atoms with Crippen LogP contribution >= 0.6 is 0 Å². The fourth-order valence-electron chi connectivity index (χ4n) is 7.34. The van der Waals surface area contributed by atoms with Gasteiger partial charge in [-0.15, -0.1) is 0 Å². The van der Waals surface area contributed by atoms with E-state index >= 15 is 0 Å². The summed E-state index contributed by atoms with van der Waals surface area (Å²) in [6, 6.07) is 47.3. The Balaban J connectivity index is 1.24. The number of aryl methyl sites for hydroxylation is 1. The van der Waals surface area contributed by atoms with E-state index in [9.17, 15) is 0 Å². The first-order chi connectivity index (χ1) is 22.8. The van der Waals surface area contributed by atoms with Crippen molar-refractivity contribution in [2.45, 2.75) is 39.9 Å². The number of fused-ring (bicyclic) bond motifs is 4. The van der Waals surface area contributed by atoms with Gasteiger partial charge in [-0.05, 0) is 86.0 Å². The lowest BCUT2D eigenvalue weighted by Gasteiger charge is -2.28. The summed E-state index contributed by atoms with van der Waals surface area (Å²) < 4.78 is 2.36. The predicted molar refractivity (Wildman–Crippen MR) is 203 cm³/mol. The van der Waals surface area contributed by atoms with Crippen molar-refractivity contribution in [1.82, 2.24) is 9.55 Å². The molecule has 0 saturated heterocycles. The molecule has 0 fully saturated rings. The summed E-state index contributed by atoms with van der Waals surface area (Å²) in [6.45, 7) is 12.5. The van der Waals surface area contributed by atoms with Gasteiger partial charge >= 0.3 is 0 Å². The highest BCUT2D eigenvalue weighted by atomic mass is 28.3. The second-order valence-electron chi connectivity index (χ2n) is 13.6. The quantitative estimate of drug-likeness (QED) is 0.172. The Morgan fingerprint density at radius 3 is 2.21 bits per heavy atom. The zero-order chi connectivity index (χ0) is 32.3. The Kier molecular flexibility index (Phi) is 7.03. The van der Waals surface area contributed by atoms with Crippen LogP contribution in [-0.2, 0) is 0 Å². The molecule has 3 heterocycles. The van der Waals surface area contributed by atoms with Crippen molar-refractivity contribution in [3.05, 3.63) is 139 Å². The molecule has 2 aromatic heterocycles. The van der Waals surface area contributed by atoms with Crippen molar-refractivity contribution in [3.63, 3.8) is 0 Å². The van der Waals surface area contributed by atoms with Crippen molar-refractivity contribution in [2.75, 3.05) is 16.5 Å². The van der Waals surface area contributed by atoms with Crippen LogP contribution in [0.2, 0.25) is 13.1 Å². The van der Waals surface area contributed by atoms with Crippen molar-refractivity contribution < 1.29 is 0 Å². The zero-order valence-electron chi connectivity index (χ0n) is 27.8. The molecule has 5 aromatic carbocycles. The highest BCUT2D eigenvalue weighted by Crippen LogP contribution is 2.41. The van der Waals surface area contributed by atoms with Crippen LogP contribution in [0.15, 0.2) is 134 Å². The smallest absolute Gasteiger partial charge is 0.138 e. The van der Waals surface area contributed by atoms with Crippen molar-refractivity contribution >= 4 is 57.3 Å². The number of rotatable bonds is 6. The standard InChI is InChI=1S/C42H40N4Si/c1-29(2)44-28-45(40-20-11-10-19-39(40)44)32-14-12-15-33(26-32)47(4,5)34-21-22-37-36-17-8-9-18-38(36)46(41(37)27-34)42-25-31(23-24-43-42)35-16-7-6-13-30(35)3/h6-27,29H,28H2,1-5H3. The summed E-state index contributed by atoms with van der Waals surface area (Å²) in [6.07, 6.45) is 1.95. The van der Waals surface area contributed by atoms with Crippen LogP contribution in [0.4, 0.5) is 17.1 Å². The first-order valence-electron chi connectivity index (χ1n) is 16.6. The predicted octanol–water partition coefficient (Wildman–Crippen LogP) is 9.30. The second kappa shape index (κ2) is 11.3. The van der Waals surface area contributed by atoms with E-state index in [-0.39, 0.29) is 0 Å². The SMILES string of the molecule is Cc1ccccc1-c1ccnc(-n2c3ccccc3c3ccc([Si](C)(C)c4cccc(N5CN(C(C)C)c6ccccc65)c4)cc32)c1. The van der Waals surface area contributed by atoms with Gasteiger partial charge in [-0.2, -0.15) is 0 Å². The van der Waals surface area contributed by atoms with Gasteiger partial charge in [0.05, 0.1) is 29.1 Å². The van der Waals surface area contributed by atoms with Gasteiger partial charge in [-0.25, -0.2) is 4.98 Å². The van der Waals surface area contributed by atoms with Gasteiger partial charge in [0.2, 0.25) is 0 Å². The normalized spacial score (nSPS) is 13.2. The molecule has 0 aliphatic carbocycles. The van der Waals surface area contributed by atoms with Crippen molar-refractivity contribution in [2.24, 2.45) is 0 Å². The monoisotopic (exact) mass is 628 g/mol. The van der Waals surface area contributed by atoms with E-state index in [1.165, 1.54) is 65.9 Å². The Morgan fingerprint density at radius 1 is 0.660 bits per heavy atom. The molecule has 5 heteroatoms. The van der Waals surface area contributed by atoms with Crippen LogP contribution in [0.25, 0.3) is 38.8 Å². The van der Waals surface area contributed by atoms with E-state index in [4.69, 9.17) is 4.98 Å². The largest absolute Gasteiger partial charge is 0.349 e. The van der Waals surface area contributed by atoms with Crippen molar-refractivity contribution in [1.29, 1.82) is 0 Å². The number of benzene rings is 5. The van der Waals surface area contributed by atoms with E-state index in [1.54, 1.807) is 0 Å². The molecule has 1 aliphatic heterocycles. The van der Waals surface area contributed by atoms with Gasteiger partial charge in [-0.3, -0.25) is 4.57 Å². The average molecular weight is 629 g/mol.